The summed E-state index contributed by atoms with van der Waals surface area (Å²) in [6.45, 7) is 3.68. The van der Waals surface area contributed by atoms with Gasteiger partial charge in [0.25, 0.3) is 0 Å². The van der Waals surface area contributed by atoms with E-state index >= 15 is 0 Å². The van der Waals surface area contributed by atoms with Crippen LogP contribution in [-0.4, -0.2) is 11.9 Å². The predicted octanol–water partition coefficient (Wildman–Crippen LogP) is 2.84. The summed E-state index contributed by atoms with van der Waals surface area (Å²) in [6.07, 6.45) is 0. The average molecular weight is 297 g/mol. The fraction of sp³-hybridized carbons (Fsp3) is 0.176. The number of imide groups is 1. The van der Waals surface area contributed by atoms with Gasteiger partial charge in [0.05, 0.1) is 5.69 Å². The molecule has 5 nitrogen and oxygen atoms in total. The molecule has 22 heavy (non-hydrogen) atoms. The summed E-state index contributed by atoms with van der Waals surface area (Å²) < 4.78 is 0. The van der Waals surface area contributed by atoms with E-state index in [1.165, 1.54) is 6.92 Å². The number of nitrogens with two attached hydrogens (primary N) is 1. The molecule has 3 amide bonds. The number of carbonyl (C=O) groups excluding carboxylic acids is 2. The number of nitrogens with one attached hydrogen (secondary N) is 1. The summed E-state index contributed by atoms with van der Waals surface area (Å²) in [4.78, 5) is 25.2. The van der Waals surface area contributed by atoms with Crippen LogP contribution in [-0.2, 0) is 11.3 Å². The van der Waals surface area contributed by atoms with Crippen LogP contribution in [0.4, 0.5) is 16.2 Å². The third kappa shape index (κ3) is 3.63. The van der Waals surface area contributed by atoms with Gasteiger partial charge in [-0.1, -0.05) is 30.3 Å². The molecule has 0 saturated carbocycles. The number of hydrogen-bond donors (Lipinski definition) is 2. The SMILES string of the molecule is CC(=O)N(C(=O)NCc1ccccc1C)c1cccc(N)c1. The highest BCUT2D eigenvalue weighted by molar-refractivity contribution is 6.13. The van der Waals surface area contributed by atoms with Crippen LogP contribution >= 0.6 is 0 Å². The van der Waals surface area contributed by atoms with Crippen LogP contribution in [0.25, 0.3) is 0 Å². The van der Waals surface area contributed by atoms with E-state index in [0.717, 1.165) is 16.0 Å². The number of nitrogens with zero attached hydrogens (tertiary/aromatic N) is 1. The second-order valence-corrected chi connectivity index (χ2v) is 5.03. The molecule has 0 fully saturated rings. The number of carbonyl (C=O) groups is 2. The van der Waals surface area contributed by atoms with Gasteiger partial charge in [0.15, 0.2) is 0 Å². The van der Waals surface area contributed by atoms with E-state index in [-0.39, 0.29) is 5.91 Å². The highest BCUT2D eigenvalue weighted by Gasteiger charge is 2.20. The van der Waals surface area contributed by atoms with Crippen molar-refractivity contribution in [3.63, 3.8) is 0 Å². The molecule has 0 bridgehead atoms. The second kappa shape index (κ2) is 6.76. The summed E-state index contributed by atoms with van der Waals surface area (Å²) in [5.41, 5.74) is 8.75. The summed E-state index contributed by atoms with van der Waals surface area (Å²) in [6, 6.07) is 14.0. The van der Waals surface area contributed by atoms with Crippen molar-refractivity contribution in [2.45, 2.75) is 20.4 Å². The number of anilines is 2. The van der Waals surface area contributed by atoms with E-state index in [4.69, 9.17) is 5.73 Å². The Hall–Kier alpha value is -2.82. The zero-order chi connectivity index (χ0) is 16.1. The first kappa shape index (κ1) is 15.6. The molecule has 0 aromatic heterocycles. The molecule has 0 spiro atoms. The maximum atomic E-state index is 12.3. The number of benzene rings is 2. The predicted molar refractivity (Wildman–Crippen MR) is 87.4 cm³/mol. The Kier molecular flexibility index (Phi) is 4.78. The molecule has 0 heterocycles. The first-order valence-corrected chi connectivity index (χ1v) is 6.97. The molecular weight excluding hydrogens is 278 g/mol. The Balaban J connectivity index is 2.14. The van der Waals surface area contributed by atoms with Gasteiger partial charge >= 0.3 is 6.03 Å². The Morgan fingerprint density at radius 2 is 1.86 bits per heavy atom. The summed E-state index contributed by atoms with van der Waals surface area (Å²) in [5.74, 6) is -0.368. The number of urea groups is 1. The lowest BCUT2D eigenvalue weighted by molar-refractivity contribution is -0.115. The molecule has 0 aliphatic rings. The van der Waals surface area contributed by atoms with Crippen molar-refractivity contribution in [2.24, 2.45) is 0 Å². The molecule has 0 unspecified atom stereocenters. The van der Waals surface area contributed by atoms with E-state index in [9.17, 15) is 9.59 Å². The van der Waals surface area contributed by atoms with Gasteiger partial charge in [-0.15, -0.1) is 0 Å². The van der Waals surface area contributed by atoms with Crippen molar-refractivity contribution in [2.75, 3.05) is 10.6 Å². The molecule has 2 rings (SSSR count). The Morgan fingerprint density at radius 1 is 1.14 bits per heavy atom. The fourth-order valence-corrected chi connectivity index (χ4v) is 2.16. The normalized spacial score (nSPS) is 10.1. The topological polar surface area (TPSA) is 75.4 Å². The molecule has 0 aliphatic carbocycles. The fourth-order valence-electron chi connectivity index (χ4n) is 2.16. The van der Waals surface area contributed by atoms with E-state index in [1.807, 2.05) is 31.2 Å². The molecule has 0 saturated heterocycles. The van der Waals surface area contributed by atoms with Gasteiger partial charge in [-0.05, 0) is 36.2 Å². The van der Waals surface area contributed by atoms with E-state index in [1.54, 1.807) is 24.3 Å². The molecule has 0 radical (unpaired) electrons. The van der Waals surface area contributed by atoms with E-state index < -0.39 is 6.03 Å². The third-order valence-electron chi connectivity index (χ3n) is 3.34. The van der Waals surface area contributed by atoms with Crippen LogP contribution < -0.4 is 16.0 Å². The van der Waals surface area contributed by atoms with Gasteiger partial charge in [-0.25, -0.2) is 9.69 Å². The van der Waals surface area contributed by atoms with Gasteiger partial charge in [-0.2, -0.15) is 0 Å². The second-order valence-electron chi connectivity index (χ2n) is 5.03. The highest BCUT2D eigenvalue weighted by atomic mass is 16.2. The van der Waals surface area contributed by atoms with Crippen LogP contribution in [0, 0.1) is 6.92 Å². The minimum absolute atomic E-state index is 0.359. The van der Waals surface area contributed by atoms with Gasteiger partial charge in [0, 0.05) is 19.2 Å². The Labute approximate surface area is 129 Å². The summed E-state index contributed by atoms with van der Waals surface area (Å²) >= 11 is 0. The molecular formula is C17H19N3O2. The van der Waals surface area contributed by atoms with Crippen LogP contribution in [0.3, 0.4) is 0 Å². The summed E-state index contributed by atoms with van der Waals surface area (Å²) in [7, 11) is 0. The zero-order valence-corrected chi connectivity index (χ0v) is 12.7. The molecule has 0 aliphatic heterocycles. The van der Waals surface area contributed by atoms with Gasteiger partial charge in [-0.3, -0.25) is 4.79 Å². The molecule has 2 aromatic carbocycles. The maximum absolute atomic E-state index is 12.3. The number of hydrogen-bond acceptors (Lipinski definition) is 3. The van der Waals surface area contributed by atoms with Crippen molar-refractivity contribution in [1.29, 1.82) is 0 Å². The number of aryl methyl sites for hydroxylation is 1. The molecule has 5 heteroatoms. The van der Waals surface area contributed by atoms with Crippen LogP contribution in [0.15, 0.2) is 48.5 Å². The van der Waals surface area contributed by atoms with Crippen molar-refractivity contribution in [3.05, 3.63) is 59.7 Å². The van der Waals surface area contributed by atoms with Crippen molar-refractivity contribution >= 4 is 23.3 Å². The van der Waals surface area contributed by atoms with Gasteiger partial charge in [0.2, 0.25) is 5.91 Å². The lowest BCUT2D eigenvalue weighted by atomic mass is 10.1. The molecule has 3 N–H and O–H groups in total. The summed E-state index contributed by atoms with van der Waals surface area (Å²) in [5, 5.41) is 2.76. The quantitative estimate of drug-likeness (QED) is 0.855. The minimum Gasteiger partial charge on any atom is -0.399 e. The van der Waals surface area contributed by atoms with Crippen molar-refractivity contribution in [1.82, 2.24) is 5.32 Å². The lowest BCUT2D eigenvalue weighted by Gasteiger charge is -2.20. The van der Waals surface area contributed by atoms with Crippen molar-refractivity contribution < 1.29 is 9.59 Å². The van der Waals surface area contributed by atoms with Gasteiger partial charge < -0.3 is 11.1 Å². The molecule has 0 atom stereocenters. The number of amides is 3. The van der Waals surface area contributed by atoms with Crippen LogP contribution in [0.1, 0.15) is 18.1 Å². The third-order valence-corrected chi connectivity index (χ3v) is 3.34. The first-order valence-electron chi connectivity index (χ1n) is 6.97. The minimum atomic E-state index is -0.471. The zero-order valence-electron chi connectivity index (χ0n) is 12.7. The van der Waals surface area contributed by atoms with E-state index in [2.05, 4.69) is 5.32 Å². The number of rotatable bonds is 3. The standard InChI is InChI=1S/C17H19N3O2/c1-12-6-3-4-7-14(12)11-19-17(22)20(13(2)21)16-9-5-8-15(18)10-16/h3-10H,11,18H2,1-2H3,(H,19,22). The number of nitrogen functional groups attached to an aromatic ring is 1. The average Bonchev–Trinajstić information content (AvgIpc) is 2.46. The van der Waals surface area contributed by atoms with Crippen molar-refractivity contribution in [3.8, 4) is 0 Å². The monoisotopic (exact) mass is 297 g/mol. The Bertz CT molecular complexity index is 698. The molecule has 2 aromatic rings. The lowest BCUT2D eigenvalue weighted by Crippen LogP contribution is -2.42. The van der Waals surface area contributed by atoms with Crippen LogP contribution in [0.5, 0.6) is 0 Å². The smallest absolute Gasteiger partial charge is 0.329 e. The Morgan fingerprint density at radius 3 is 2.50 bits per heavy atom. The van der Waals surface area contributed by atoms with Gasteiger partial charge in [0.1, 0.15) is 0 Å². The first-order chi connectivity index (χ1) is 10.5. The highest BCUT2D eigenvalue weighted by Crippen LogP contribution is 2.18. The maximum Gasteiger partial charge on any atom is 0.329 e. The van der Waals surface area contributed by atoms with Crippen LogP contribution in [0.2, 0.25) is 0 Å². The van der Waals surface area contributed by atoms with E-state index in [0.29, 0.717) is 17.9 Å². The molecule has 114 valence electrons. The largest absolute Gasteiger partial charge is 0.399 e.